The van der Waals surface area contributed by atoms with Gasteiger partial charge in [0.05, 0.1) is 0 Å². The highest BCUT2D eigenvalue weighted by atomic mass is 16.6. The third-order valence-corrected chi connectivity index (χ3v) is 5.48. The van der Waals surface area contributed by atoms with Crippen LogP contribution < -0.4 is 0 Å². The van der Waals surface area contributed by atoms with E-state index < -0.39 is 35.5 Å². The van der Waals surface area contributed by atoms with Crippen LogP contribution in [0, 0.1) is 5.92 Å². The molecule has 3 atom stereocenters. The van der Waals surface area contributed by atoms with Crippen LogP contribution in [0.5, 0.6) is 0 Å². The molecule has 2 aliphatic rings. The maximum absolute atomic E-state index is 12.9. The molecule has 0 amide bonds. The second-order valence-corrected chi connectivity index (χ2v) is 7.73. The van der Waals surface area contributed by atoms with Crippen molar-refractivity contribution in [1.82, 2.24) is 4.90 Å². The van der Waals surface area contributed by atoms with E-state index >= 15 is 0 Å². The Morgan fingerprint density at radius 1 is 1.34 bits per heavy atom. The number of carbonyl (C=O) groups excluding carboxylic acids is 4. The molecule has 2 bridgehead atoms. The lowest BCUT2D eigenvalue weighted by Crippen LogP contribution is -2.48. The predicted molar refractivity (Wildman–Crippen MR) is 104 cm³/mol. The van der Waals surface area contributed by atoms with Gasteiger partial charge in [-0.15, -0.1) is 0 Å². The summed E-state index contributed by atoms with van der Waals surface area (Å²) in [5, 5.41) is 0. The van der Waals surface area contributed by atoms with Gasteiger partial charge in [0.15, 0.2) is 6.10 Å². The van der Waals surface area contributed by atoms with E-state index in [2.05, 4.69) is 0 Å². The van der Waals surface area contributed by atoms with Gasteiger partial charge < -0.3 is 19.1 Å². The molecule has 0 unspecified atom stereocenters. The number of likely N-dealkylation sites (N-methyl/N-ethyl adjacent to an activating group) is 1. The van der Waals surface area contributed by atoms with Crippen molar-refractivity contribution in [2.45, 2.75) is 52.2 Å². The molecule has 0 N–H and O–H groups in total. The Morgan fingerprint density at radius 3 is 2.66 bits per heavy atom. The third kappa shape index (κ3) is 5.32. The van der Waals surface area contributed by atoms with Gasteiger partial charge in [0, 0.05) is 43.5 Å². The average Bonchev–Trinajstić information content (AvgIpc) is 2.65. The molecule has 0 aromatic heterocycles. The summed E-state index contributed by atoms with van der Waals surface area (Å²) in [6.07, 6.45) is 2.78. The average molecular weight is 407 g/mol. The number of nitrogens with zero attached hydrogens (tertiary/aromatic N) is 1. The Balaban J connectivity index is 2.48. The van der Waals surface area contributed by atoms with Crippen molar-refractivity contribution >= 4 is 23.7 Å². The first-order valence-electron chi connectivity index (χ1n) is 9.73. The lowest BCUT2D eigenvalue weighted by molar-refractivity contribution is -0.185. The lowest BCUT2D eigenvalue weighted by Gasteiger charge is -2.34. The van der Waals surface area contributed by atoms with E-state index in [1.165, 1.54) is 13.8 Å². The minimum absolute atomic E-state index is 0.123. The SMILES string of the molecule is C/C=C1/C[C@@H](C)[C@](C)(OC(C)=O)C(=O)OC/C2=C/CN(C)CC[C@H](OC1=O)C2=O. The quantitative estimate of drug-likeness (QED) is 0.367. The van der Waals surface area contributed by atoms with E-state index in [1.807, 2.05) is 11.9 Å². The number of hydrogen-bond acceptors (Lipinski definition) is 8. The monoisotopic (exact) mass is 407 g/mol. The van der Waals surface area contributed by atoms with Gasteiger partial charge in [0.1, 0.15) is 6.61 Å². The van der Waals surface area contributed by atoms with E-state index in [0.717, 1.165) is 0 Å². The molecule has 8 heteroatoms. The Morgan fingerprint density at radius 2 is 2.03 bits per heavy atom. The smallest absolute Gasteiger partial charge is 0.350 e. The summed E-state index contributed by atoms with van der Waals surface area (Å²) in [6, 6.07) is 0. The fourth-order valence-electron chi connectivity index (χ4n) is 3.35. The summed E-state index contributed by atoms with van der Waals surface area (Å²) < 4.78 is 16.3. The first-order valence-corrected chi connectivity index (χ1v) is 9.73. The maximum atomic E-state index is 12.9. The largest absolute Gasteiger partial charge is 0.458 e. The van der Waals surface area contributed by atoms with Crippen molar-refractivity contribution in [3.63, 3.8) is 0 Å². The molecule has 0 aliphatic carbocycles. The van der Waals surface area contributed by atoms with Crippen molar-refractivity contribution in [3.8, 4) is 0 Å². The van der Waals surface area contributed by atoms with Gasteiger partial charge in [-0.2, -0.15) is 0 Å². The third-order valence-electron chi connectivity index (χ3n) is 5.48. The Hall–Kier alpha value is -2.48. The van der Waals surface area contributed by atoms with Crippen molar-refractivity contribution in [2.24, 2.45) is 5.92 Å². The summed E-state index contributed by atoms with van der Waals surface area (Å²) in [5.41, 5.74) is -1.05. The number of rotatable bonds is 1. The molecule has 1 fully saturated rings. The number of ketones is 1. The Kier molecular flexibility index (Phi) is 7.35. The van der Waals surface area contributed by atoms with Crippen molar-refractivity contribution in [3.05, 3.63) is 23.3 Å². The highest BCUT2D eigenvalue weighted by Crippen LogP contribution is 2.31. The van der Waals surface area contributed by atoms with Crippen LogP contribution in [0.2, 0.25) is 0 Å². The van der Waals surface area contributed by atoms with Crippen LogP contribution in [0.25, 0.3) is 0 Å². The number of esters is 3. The number of hydrogen-bond donors (Lipinski definition) is 0. The van der Waals surface area contributed by atoms with Crippen LogP contribution in [-0.4, -0.2) is 67.0 Å². The topological polar surface area (TPSA) is 99.2 Å². The Bertz CT molecular complexity index is 754. The van der Waals surface area contributed by atoms with Gasteiger partial charge in [0.25, 0.3) is 0 Å². The van der Waals surface area contributed by atoms with Gasteiger partial charge in [-0.25, -0.2) is 9.59 Å². The summed E-state index contributed by atoms with van der Waals surface area (Å²) in [4.78, 5) is 52.1. The van der Waals surface area contributed by atoms with Crippen LogP contribution >= 0.6 is 0 Å². The molecular formula is C21H29NO7. The zero-order valence-corrected chi connectivity index (χ0v) is 17.6. The second kappa shape index (κ2) is 9.35. The first kappa shape index (κ1) is 22.8. The maximum Gasteiger partial charge on any atom is 0.350 e. The molecule has 0 spiro atoms. The second-order valence-electron chi connectivity index (χ2n) is 7.73. The zero-order chi connectivity index (χ0) is 21.8. The van der Waals surface area contributed by atoms with Gasteiger partial charge in [-0.3, -0.25) is 9.59 Å². The lowest BCUT2D eigenvalue weighted by atomic mass is 9.84. The number of Topliss-reactive ketones (excluding diaryl/α,β-unsaturated/α-hetero) is 1. The van der Waals surface area contributed by atoms with Crippen LogP contribution in [-0.2, 0) is 33.4 Å². The first-order chi connectivity index (χ1) is 13.6. The highest BCUT2D eigenvalue weighted by molar-refractivity contribution is 6.01. The molecule has 0 radical (unpaired) electrons. The van der Waals surface area contributed by atoms with Crippen molar-refractivity contribution in [2.75, 3.05) is 26.7 Å². The van der Waals surface area contributed by atoms with E-state index in [9.17, 15) is 19.2 Å². The van der Waals surface area contributed by atoms with Gasteiger partial charge >= 0.3 is 17.9 Å². The van der Waals surface area contributed by atoms with Gasteiger partial charge in [-0.1, -0.05) is 19.1 Å². The van der Waals surface area contributed by atoms with Crippen LogP contribution in [0.4, 0.5) is 0 Å². The van der Waals surface area contributed by atoms with Crippen molar-refractivity contribution in [1.29, 1.82) is 0 Å². The summed E-state index contributed by atoms with van der Waals surface area (Å²) >= 11 is 0. The van der Waals surface area contributed by atoms with Gasteiger partial charge in [-0.05, 0) is 27.3 Å². The zero-order valence-electron chi connectivity index (χ0n) is 17.6. The number of ether oxygens (including phenoxy) is 3. The molecule has 2 heterocycles. The molecule has 0 saturated carbocycles. The van der Waals surface area contributed by atoms with E-state index in [4.69, 9.17) is 14.2 Å². The number of carbonyl (C=O) groups is 4. The summed E-state index contributed by atoms with van der Waals surface area (Å²) in [6.45, 7) is 6.83. The van der Waals surface area contributed by atoms with Crippen molar-refractivity contribution < 1.29 is 33.4 Å². The predicted octanol–water partition coefficient (Wildman–Crippen LogP) is 1.58. The molecule has 2 rings (SSSR count). The van der Waals surface area contributed by atoms with E-state index in [-0.39, 0.29) is 24.4 Å². The summed E-state index contributed by atoms with van der Waals surface area (Å²) in [5.74, 6) is -2.95. The van der Waals surface area contributed by atoms with Crippen LogP contribution in [0.3, 0.4) is 0 Å². The minimum Gasteiger partial charge on any atom is -0.458 e. The van der Waals surface area contributed by atoms with E-state index in [0.29, 0.717) is 25.1 Å². The number of fused-ring (bicyclic) bond motifs is 2. The normalized spacial score (nSPS) is 33.2. The molecule has 160 valence electrons. The number of allylic oxidation sites excluding steroid dienone is 1. The minimum atomic E-state index is -1.61. The van der Waals surface area contributed by atoms with Crippen LogP contribution in [0.15, 0.2) is 23.3 Å². The van der Waals surface area contributed by atoms with Gasteiger partial charge in [0.2, 0.25) is 11.4 Å². The summed E-state index contributed by atoms with van der Waals surface area (Å²) in [7, 11) is 1.88. The highest BCUT2D eigenvalue weighted by Gasteiger charge is 2.45. The molecule has 29 heavy (non-hydrogen) atoms. The van der Waals surface area contributed by atoms with Crippen LogP contribution in [0.1, 0.15) is 40.5 Å². The molecule has 0 aromatic carbocycles. The molecule has 2 aliphatic heterocycles. The van der Waals surface area contributed by atoms with E-state index in [1.54, 1.807) is 26.0 Å². The molecular weight excluding hydrogens is 378 g/mol. The standard InChI is InChI=1S/C21H29NO7/c1-6-15-11-13(2)21(4,29-14(3)23)20(26)27-12-16-7-9-22(5)10-8-17(18(16)24)28-19(15)25/h6-7,13,17H,8-12H2,1-5H3/b15-6-,16-7-/t13-,17+,21+/m1/s1. The molecule has 1 saturated heterocycles. The fraction of sp³-hybridized carbons (Fsp3) is 0.619. The fourth-order valence-corrected chi connectivity index (χ4v) is 3.35. The molecule has 0 aromatic rings. The number of cyclic esters (lactones) is 1. The Labute approximate surface area is 170 Å². The molecule has 8 nitrogen and oxygen atoms in total.